The van der Waals surface area contributed by atoms with Gasteiger partial charge >= 0.3 is 6.18 Å². The van der Waals surface area contributed by atoms with Gasteiger partial charge in [-0.05, 0) is 56.8 Å². The first-order valence-corrected chi connectivity index (χ1v) is 12.1. The monoisotopic (exact) mass is 545 g/mol. The molecule has 4 N–H and O–H groups in total. The van der Waals surface area contributed by atoms with Gasteiger partial charge in [0.15, 0.2) is 0 Å². The van der Waals surface area contributed by atoms with Gasteiger partial charge in [-0.2, -0.15) is 13.2 Å². The Hall–Kier alpha value is -4.19. The number of H-pyrrole nitrogens is 1. The summed E-state index contributed by atoms with van der Waals surface area (Å²) in [6, 6.07) is 8.83. The van der Waals surface area contributed by atoms with E-state index in [4.69, 9.17) is 5.73 Å². The number of aromatic amines is 1. The molecule has 3 aromatic rings. The summed E-state index contributed by atoms with van der Waals surface area (Å²) >= 11 is 0. The highest BCUT2D eigenvalue weighted by molar-refractivity contribution is 6.07. The number of nitrogens with zero attached hydrogens (tertiary/aromatic N) is 2. The summed E-state index contributed by atoms with van der Waals surface area (Å²) in [4.78, 5) is 42.7. The van der Waals surface area contributed by atoms with E-state index in [0.717, 1.165) is 6.07 Å². The SMILES string of the molecule is C[C@@H]1CN(c2ccc(-c3cc(C(N)=O)ccc3F)cc2NC(=O)c2c[nH]c(=O)cc2C(F)(F)F)C[C@H](C)N1C. The molecule has 2 aromatic carbocycles. The third-order valence-corrected chi connectivity index (χ3v) is 6.98. The fraction of sp³-hybridized carbons (Fsp3) is 0.296. The number of likely N-dealkylation sites (N-methyl/N-ethyl adjacent to an activating group) is 1. The van der Waals surface area contributed by atoms with Crippen molar-refractivity contribution < 1.29 is 27.2 Å². The van der Waals surface area contributed by atoms with Gasteiger partial charge < -0.3 is 20.9 Å². The molecule has 2 heterocycles. The Kier molecular flexibility index (Phi) is 7.51. The number of hydrogen-bond acceptors (Lipinski definition) is 5. The third-order valence-electron chi connectivity index (χ3n) is 6.98. The first-order chi connectivity index (χ1) is 18.3. The minimum Gasteiger partial charge on any atom is -0.367 e. The fourth-order valence-corrected chi connectivity index (χ4v) is 4.66. The summed E-state index contributed by atoms with van der Waals surface area (Å²) in [6.07, 6.45) is -4.24. The van der Waals surface area contributed by atoms with E-state index in [1.54, 1.807) is 12.1 Å². The molecule has 12 heteroatoms. The quantitative estimate of drug-likeness (QED) is 0.419. The van der Waals surface area contributed by atoms with Crippen LogP contribution in [0.5, 0.6) is 0 Å². The summed E-state index contributed by atoms with van der Waals surface area (Å²) in [5, 5.41) is 2.53. The number of benzene rings is 2. The number of nitrogens with two attached hydrogens (primary N) is 1. The second kappa shape index (κ2) is 10.5. The van der Waals surface area contributed by atoms with Crippen LogP contribution in [0.3, 0.4) is 0 Å². The Labute approximate surface area is 221 Å². The van der Waals surface area contributed by atoms with Crippen molar-refractivity contribution in [1.82, 2.24) is 9.88 Å². The number of rotatable bonds is 5. The van der Waals surface area contributed by atoms with E-state index in [2.05, 4.69) is 15.2 Å². The van der Waals surface area contributed by atoms with E-state index >= 15 is 0 Å². The standard InChI is InChI=1S/C27H27F4N5O3/c1-14-12-36(13-15(2)35(14)3)23-7-5-16(18-8-17(25(32)38)4-6-21(18)28)9-22(23)34-26(39)19-11-33-24(37)10-20(19)27(29,30)31/h4-11,14-15H,12-13H2,1-3H3,(H2,32,38)(H,33,37)(H,34,39)/t14-,15+. The van der Waals surface area contributed by atoms with Gasteiger partial charge in [-0.3, -0.25) is 19.3 Å². The van der Waals surface area contributed by atoms with Crippen LogP contribution in [-0.4, -0.2) is 53.9 Å². The average molecular weight is 546 g/mol. The summed E-state index contributed by atoms with van der Waals surface area (Å²) in [7, 11) is 1.99. The third kappa shape index (κ3) is 5.80. The Bertz CT molecular complexity index is 1470. The first kappa shape index (κ1) is 27.8. The van der Waals surface area contributed by atoms with Gasteiger partial charge in [0.25, 0.3) is 5.91 Å². The Morgan fingerprint density at radius 3 is 2.33 bits per heavy atom. The van der Waals surface area contributed by atoms with Gasteiger partial charge in [-0.1, -0.05) is 6.07 Å². The second-order valence-electron chi connectivity index (χ2n) is 9.64. The molecule has 1 saturated heterocycles. The number of carbonyl (C=O) groups is 2. The van der Waals surface area contributed by atoms with Crippen LogP contribution in [0.25, 0.3) is 11.1 Å². The number of amides is 2. The average Bonchev–Trinajstić information content (AvgIpc) is 2.86. The van der Waals surface area contributed by atoms with Crippen molar-refractivity contribution in [2.45, 2.75) is 32.1 Å². The molecule has 0 aliphatic carbocycles. The van der Waals surface area contributed by atoms with Crippen LogP contribution in [0.2, 0.25) is 0 Å². The highest BCUT2D eigenvalue weighted by Crippen LogP contribution is 2.36. The number of piperazine rings is 1. The van der Waals surface area contributed by atoms with Crippen LogP contribution < -0.4 is 21.5 Å². The van der Waals surface area contributed by atoms with Crippen LogP contribution >= 0.6 is 0 Å². The van der Waals surface area contributed by atoms with Gasteiger partial charge in [-0.15, -0.1) is 0 Å². The number of carbonyl (C=O) groups excluding carboxylic acids is 2. The zero-order valence-corrected chi connectivity index (χ0v) is 21.4. The number of anilines is 2. The smallest absolute Gasteiger partial charge is 0.367 e. The van der Waals surface area contributed by atoms with Crippen molar-refractivity contribution in [3.05, 3.63) is 81.5 Å². The maximum atomic E-state index is 14.8. The molecule has 2 amide bonds. The molecule has 8 nitrogen and oxygen atoms in total. The number of alkyl halides is 3. The molecule has 1 fully saturated rings. The molecule has 0 radical (unpaired) electrons. The van der Waals surface area contributed by atoms with Crippen molar-refractivity contribution in [2.75, 3.05) is 30.4 Å². The molecule has 206 valence electrons. The maximum absolute atomic E-state index is 14.8. The summed E-state index contributed by atoms with van der Waals surface area (Å²) in [5.41, 5.74) is 3.17. The highest BCUT2D eigenvalue weighted by Gasteiger charge is 2.36. The summed E-state index contributed by atoms with van der Waals surface area (Å²) < 4.78 is 55.7. The molecular formula is C27H27F4N5O3. The maximum Gasteiger partial charge on any atom is 0.417 e. The van der Waals surface area contributed by atoms with E-state index in [-0.39, 0.29) is 34.5 Å². The Morgan fingerprint density at radius 2 is 1.72 bits per heavy atom. The first-order valence-electron chi connectivity index (χ1n) is 12.1. The van der Waals surface area contributed by atoms with Crippen LogP contribution in [0.4, 0.5) is 28.9 Å². The molecule has 0 spiro atoms. The number of nitrogens with one attached hydrogen (secondary N) is 2. The van der Waals surface area contributed by atoms with Crippen molar-refractivity contribution in [3.8, 4) is 11.1 Å². The van der Waals surface area contributed by atoms with Gasteiger partial charge in [0.1, 0.15) is 5.82 Å². The molecule has 0 bridgehead atoms. The van der Waals surface area contributed by atoms with Crippen molar-refractivity contribution in [1.29, 1.82) is 0 Å². The number of primary amides is 1. The molecule has 0 saturated carbocycles. The minimum absolute atomic E-state index is 0.0217. The van der Waals surface area contributed by atoms with E-state index in [1.807, 2.05) is 25.8 Å². The van der Waals surface area contributed by atoms with Crippen molar-refractivity contribution >= 4 is 23.2 Å². The molecule has 2 atom stereocenters. The second-order valence-corrected chi connectivity index (χ2v) is 9.64. The van der Waals surface area contributed by atoms with Gasteiger partial charge in [0.05, 0.1) is 22.5 Å². The molecule has 39 heavy (non-hydrogen) atoms. The number of halogens is 4. The van der Waals surface area contributed by atoms with E-state index in [1.165, 1.54) is 18.2 Å². The molecule has 4 rings (SSSR count). The lowest BCUT2D eigenvalue weighted by molar-refractivity contribution is -0.138. The molecule has 1 aromatic heterocycles. The Morgan fingerprint density at radius 1 is 1.05 bits per heavy atom. The van der Waals surface area contributed by atoms with Crippen LogP contribution in [0, 0.1) is 5.82 Å². The largest absolute Gasteiger partial charge is 0.417 e. The zero-order valence-electron chi connectivity index (χ0n) is 21.4. The predicted octanol–water partition coefficient (Wildman–Crippen LogP) is 4.08. The summed E-state index contributed by atoms with van der Waals surface area (Å²) in [6.45, 7) is 5.16. The minimum atomic E-state index is -4.95. The van der Waals surface area contributed by atoms with Gasteiger partial charge in [0, 0.05) is 48.6 Å². The highest BCUT2D eigenvalue weighted by atomic mass is 19.4. The van der Waals surface area contributed by atoms with Crippen LogP contribution in [0.1, 0.15) is 40.1 Å². The summed E-state index contributed by atoms with van der Waals surface area (Å²) in [5.74, 6) is -2.54. The lowest BCUT2D eigenvalue weighted by Gasteiger charge is -2.44. The predicted molar refractivity (Wildman–Crippen MR) is 139 cm³/mol. The van der Waals surface area contributed by atoms with E-state index in [0.29, 0.717) is 31.0 Å². The number of hydrogen-bond donors (Lipinski definition) is 3. The van der Waals surface area contributed by atoms with Gasteiger partial charge in [-0.25, -0.2) is 4.39 Å². The van der Waals surface area contributed by atoms with Crippen molar-refractivity contribution in [3.63, 3.8) is 0 Å². The fourth-order valence-electron chi connectivity index (χ4n) is 4.66. The van der Waals surface area contributed by atoms with Gasteiger partial charge in [0.2, 0.25) is 11.5 Å². The van der Waals surface area contributed by atoms with Crippen LogP contribution in [-0.2, 0) is 6.18 Å². The lowest BCUT2D eigenvalue weighted by atomic mass is 9.99. The molecule has 1 aliphatic heterocycles. The number of pyridine rings is 1. The lowest BCUT2D eigenvalue weighted by Crippen LogP contribution is -2.55. The van der Waals surface area contributed by atoms with E-state index < -0.39 is 40.5 Å². The zero-order chi connectivity index (χ0) is 28.6. The topological polar surface area (TPSA) is 112 Å². The molecule has 0 unspecified atom stereocenters. The normalized spacial score (nSPS) is 18.2. The van der Waals surface area contributed by atoms with Crippen LogP contribution in [0.15, 0.2) is 53.5 Å². The number of aromatic nitrogens is 1. The van der Waals surface area contributed by atoms with Crippen molar-refractivity contribution in [2.24, 2.45) is 5.73 Å². The molecule has 1 aliphatic rings. The Balaban J connectivity index is 1.82. The van der Waals surface area contributed by atoms with E-state index in [9.17, 15) is 31.9 Å². The molecular weight excluding hydrogens is 518 g/mol.